The van der Waals surface area contributed by atoms with Crippen molar-refractivity contribution in [2.45, 2.75) is 17.4 Å². The molecule has 15 heteroatoms. The van der Waals surface area contributed by atoms with Crippen molar-refractivity contribution >= 4 is 46.1 Å². The molecule has 0 amide bonds. The maximum Gasteiger partial charge on any atom is 0.473 e. The Morgan fingerprint density at radius 2 is 1.17 bits per heavy atom. The van der Waals surface area contributed by atoms with Crippen molar-refractivity contribution in [3.8, 4) is 0 Å². The van der Waals surface area contributed by atoms with E-state index in [0.717, 1.165) is 10.9 Å². The Bertz CT molecular complexity index is 2360. The second-order valence-corrected chi connectivity index (χ2v) is 12.2. The molecule has 0 bridgehead atoms. The molecule has 7 rings (SSSR count). The molecule has 53 heavy (non-hydrogen) atoms. The summed E-state index contributed by atoms with van der Waals surface area (Å²) in [5, 5.41) is 37.1. The van der Waals surface area contributed by atoms with Gasteiger partial charge in [-0.3, -0.25) is 23.7 Å². The third kappa shape index (κ3) is 4.90. The van der Waals surface area contributed by atoms with E-state index in [9.17, 15) is 20.3 Å². The molecule has 0 aliphatic carbocycles. The number of hydrogen-bond acceptors (Lipinski definition) is 13. The number of carbonyl (C=O) groups is 4. The predicted octanol–water partition coefficient (Wildman–Crippen LogP) is 3.61. The molecule has 4 N–H and O–H groups in total. The van der Waals surface area contributed by atoms with Crippen LogP contribution in [0.5, 0.6) is 0 Å². The number of Topliss-reactive ketones (excluding diaryl/α,β-unsaturated/α-hetero) is 4. The first kappa shape index (κ1) is 34.6. The van der Waals surface area contributed by atoms with Gasteiger partial charge in [-0.25, -0.2) is 4.98 Å². The van der Waals surface area contributed by atoms with Crippen LogP contribution in [0.25, 0.3) is 11.2 Å². The van der Waals surface area contributed by atoms with E-state index < -0.39 is 74.9 Å². The average Bonchev–Trinajstić information content (AvgIpc) is 3.74. The fourth-order valence-corrected chi connectivity index (χ4v) is 7.11. The fraction of sp³-hybridized carbons (Fsp3) is 0.132. The standard InChI is InChI=1S/C38H28N6O9/c39-33-28-34(42-35(41-33)44(51)52)43(22-40-28)38(32(49)26-19-11-4-12-20-26)37(50,31(48)25-17-9-3-10-18-25)36(27(21-45)53-38,29(46)23-13-5-1-6-14-23)30(47)24-15-7-2-8-16-24/h1-20,22,27,45,50H,21H2,(H2,39,41,42)/t27-,37-,38-/m1/s1. The van der Waals surface area contributed by atoms with Gasteiger partial charge in [0.1, 0.15) is 12.4 Å². The number of imidazole rings is 1. The number of hydrogen-bond donors (Lipinski definition) is 3. The maximum atomic E-state index is 15.5. The molecule has 0 radical (unpaired) electrons. The number of carbonyl (C=O) groups excluding carboxylic acids is 4. The number of nitrogens with two attached hydrogens (primary N) is 1. The van der Waals surface area contributed by atoms with Crippen molar-refractivity contribution in [1.82, 2.24) is 19.5 Å². The van der Waals surface area contributed by atoms with Gasteiger partial charge in [-0.05, 0) is 14.9 Å². The van der Waals surface area contributed by atoms with Crippen LogP contribution in [-0.4, -0.2) is 76.1 Å². The van der Waals surface area contributed by atoms with Crippen LogP contribution in [0.2, 0.25) is 0 Å². The summed E-state index contributed by atoms with van der Waals surface area (Å²) in [6, 6.07) is 28.8. The molecule has 1 aliphatic rings. The first-order chi connectivity index (χ1) is 25.5. The number of nitro groups is 1. The highest BCUT2D eigenvalue weighted by Gasteiger charge is 2.85. The lowest BCUT2D eigenvalue weighted by molar-refractivity contribution is -0.394. The van der Waals surface area contributed by atoms with Crippen LogP contribution in [0.1, 0.15) is 41.4 Å². The summed E-state index contributed by atoms with van der Waals surface area (Å²) in [7, 11) is 0. The second-order valence-electron chi connectivity index (χ2n) is 12.2. The Hall–Kier alpha value is -6.81. The summed E-state index contributed by atoms with van der Waals surface area (Å²) in [6.45, 7) is -1.20. The van der Waals surface area contributed by atoms with Crippen molar-refractivity contribution in [2.24, 2.45) is 5.41 Å². The lowest BCUT2D eigenvalue weighted by atomic mass is 9.56. The van der Waals surface area contributed by atoms with Crippen molar-refractivity contribution in [3.63, 3.8) is 0 Å². The summed E-state index contributed by atoms with van der Waals surface area (Å²) in [6.07, 6.45) is -1.26. The van der Waals surface area contributed by atoms with E-state index in [1.165, 1.54) is 97.1 Å². The highest BCUT2D eigenvalue weighted by Crippen LogP contribution is 2.60. The molecule has 2 aromatic heterocycles. The minimum Gasteiger partial charge on any atom is -0.394 e. The molecule has 3 atom stereocenters. The van der Waals surface area contributed by atoms with Crippen molar-refractivity contribution in [3.05, 3.63) is 160 Å². The zero-order valence-electron chi connectivity index (χ0n) is 27.5. The molecular formula is C38H28N6O9. The molecule has 4 aromatic carbocycles. The average molecular weight is 713 g/mol. The predicted molar refractivity (Wildman–Crippen MR) is 187 cm³/mol. The molecule has 0 spiro atoms. The van der Waals surface area contributed by atoms with Crippen LogP contribution >= 0.6 is 0 Å². The largest absolute Gasteiger partial charge is 0.473 e. The third-order valence-corrected chi connectivity index (χ3v) is 9.43. The van der Waals surface area contributed by atoms with Gasteiger partial charge in [0.2, 0.25) is 28.6 Å². The van der Waals surface area contributed by atoms with Gasteiger partial charge in [0.25, 0.3) is 5.72 Å². The number of nitrogen functional groups attached to an aromatic ring is 1. The van der Waals surface area contributed by atoms with Crippen molar-refractivity contribution in [1.29, 1.82) is 0 Å². The zero-order chi connectivity index (χ0) is 37.5. The van der Waals surface area contributed by atoms with Crippen LogP contribution in [-0.2, 0) is 10.5 Å². The Labute approximate surface area is 299 Å². The first-order valence-corrected chi connectivity index (χ1v) is 16.1. The van der Waals surface area contributed by atoms with Gasteiger partial charge in [0.05, 0.1) is 6.61 Å². The number of benzene rings is 4. The van der Waals surface area contributed by atoms with E-state index in [2.05, 4.69) is 15.0 Å². The number of ketones is 4. The van der Waals surface area contributed by atoms with E-state index in [1.54, 1.807) is 24.3 Å². The summed E-state index contributed by atoms with van der Waals surface area (Å²) < 4.78 is 7.25. The minimum absolute atomic E-state index is 0.182. The minimum atomic E-state index is -3.64. The van der Waals surface area contributed by atoms with Crippen LogP contribution in [0.4, 0.5) is 11.8 Å². The number of aliphatic hydroxyl groups excluding tert-OH is 1. The molecule has 264 valence electrons. The number of aliphatic hydroxyl groups is 2. The summed E-state index contributed by atoms with van der Waals surface area (Å²) in [4.78, 5) is 84.5. The molecule has 1 saturated heterocycles. The van der Waals surface area contributed by atoms with Crippen LogP contribution < -0.4 is 5.73 Å². The van der Waals surface area contributed by atoms with Gasteiger partial charge in [-0.1, -0.05) is 121 Å². The fourth-order valence-electron chi connectivity index (χ4n) is 7.11. The summed E-state index contributed by atoms with van der Waals surface area (Å²) in [5.74, 6) is -6.45. The molecule has 1 aliphatic heterocycles. The van der Waals surface area contributed by atoms with Crippen LogP contribution in [0.3, 0.4) is 0 Å². The van der Waals surface area contributed by atoms with Gasteiger partial charge >= 0.3 is 5.95 Å². The lowest BCUT2D eigenvalue weighted by Gasteiger charge is -2.45. The zero-order valence-corrected chi connectivity index (χ0v) is 27.5. The van der Waals surface area contributed by atoms with Gasteiger partial charge in [-0.15, -0.1) is 0 Å². The Kier molecular flexibility index (Phi) is 8.54. The Morgan fingerprint density at radius 3 is 1.60 bits per heavy atom. The quantitative estimate of drug-likeness (QED) is 0.0755. The Balaban J connectivity index is 1.71. The van der Waals surface area contributed by atoms with Gasteiger partial charge in [-0.2, -0.15) is 0 Å². The van der Waals surface area contributed by atoms with Crippen LogP contribution in [0.15, 0.2) is 128 Å². The number of rotatable bonds is 11. The molecule has 1 fully saturated rings. The van der Waals surface area contributed by atoms with E-state index in [-0.39, 0.29) is 27.8 Å². The van der Waals surface area contributed by atoms with E-state index in [0.29, 0.717) is 0 Å². The topological polar surface area (TPSA) is 231 Å². The van der Waals surface area contributed by atoms with Crippen molar-refractivity contribution in [2.75, 3.05) is 12.3 Å². The van der Waals surface area contributed by atoms with Crippen LogP contribution in [0, 0.1) is 15.5 Å². The number of anilines is 1. The van der Waals surface area contributed by atoms with E-state index in [1.807, 2.05) is 0 Å². The summed E-state index contributed by atoms with van der Waals surface area (Å²) in [5.41, 5.74) is -5.67. The number of ether oxygens (including phenoxy) is 1. The smallest absolute Gasteiger partial charge is 0.394 e. The molecule has 0 unspecified atom stereocenters. The number of fused-ring (bicyclic) bond motifs is 1. The Morgan fingerprint density at radius 1 is 0.736 bits per heavy atom. The summed E-state index contributed by atoms with van der Waals surface area (Å²) >= 11 is 0. The monoisotopic (exact) mass is 712 g/mol. The van der Waals surface area contributed by atoms with Gasteiger partial charge in [0.15, 0.2) is 22.5 Å². The normalized spacial score (nSPS) is 20.5. The SMILES string of the molecule is Nc1nc([N+](=O)[O-])nc2c1ncn2[C@]1(C(=O)c2ccccc2)O[C@H](CO)C(C(=O)c2ccccc2)(C(=O)c2ccccc2)[C@]1(O)C(=O)c1ccccc1. The number of aromatic nitrogens is 4. The van der Waals surface area contributed by atoms with E-state index in [4.69, 9.17) is 10.5 Å². The van der Waals surface area contributed by atoms with Gasteiger partial charge < -0.3 is 30.8 Å². The van der Waals surface area contributed by atoms with Gasteiger partial charge in [0, 0.05) is 22.3 Å². The maximum absolute atomic E-state index is 15.5. The molecule has 6 aromatic rings. The lowest BCUT2D eigenvalue weighted by Crippen LogP contribution is -2.72. The molecular weight excluding hydrogens is 684 g/mol. The highest BCUT2D eigenvalue weighted by molar-refractivity contribution is 6.28. The molecule has 0 saturated carbocycles. The molecule has 3 heterocycles. The third-order valence-electron chi connectivity index (χ3n) is 9.43. The van der Waals surface area contributed by atoms with E-state index >= 15 is 19.2 Å². The molecule has 15 nitrogen and oxygen atoms in total. The first-order valence-electron chi connectivity index (χ1n) is 16.1. The van der Waals surface area contributed by atoms with Crippen molar-refractivity contribution < 1.29 is 39.1 Å². The highest BCUT2D eigenvalue weighted by atomic mass is 16.6. The number of nitrogens with zero attached hydrogens (tertiary/aromatic N) is 5. The second kappa shape index (κ2) is 13.1.